The van der Waals surface area contributed by atoms with E-state index < -0.39 is 0 Å². The topological polar surface area (TPSA) is 61.6 Å². The molecule has 2 fully saturated rings. The number of likely N-dealkylation sites (tertiary alicyclic amines) is 2. The standard InChI is InChI=1S/C24H34N4O2/c1-2-22-5-6-23(30-22)18-27-12-9-21(10-13-27)28-14-7-20(8-15-28)24(29)26-17-19-4-3-11-25-16-19/h3-6,11,16,20-21H,2,7-10,12-15,17-18H2,1H3,(H,26,29). The van der Waals surface area contributed by atoms with Gasteiger partial charge in [0.15, 0.2) is 0 Å². The van der Waals surface area contributed by atoms with Crippen molar-refractivity contribution < 1.29 is 9.21 Å². The second kappa shape index (κ2) is 10.2. The highest BCUT2D eigenvalue weighted by Crippen LogP contribution is 2.25. The second-order valence-electron chi connectivity index (χ2n) is 8.62. The number of hydrogen-bond donors (Lipinski definition) is 1. The zero-order chi connectivity index (χ0) is 20.8. The van der Waals surface area contributed by atoms with Gasteiger partial charge in [0.05, 0.1) is 6.54 Å². The highest BCUT2D eigenvalue weighted by atomic mass is 16.3. The minimum atomic E-state index is 0.143. The third-order valence-corrected chi connectivity index (χ3v) is 6.61. The Morgan fingerprint density at radius 3 is 2.53 bits per heavy atom. The maximum Gasteiger partial charge on any atom is 0.223 e. The van der Waals surface area contributed by atoms with Crippen molar-refractivity contribution in [3.8, 4) is 0 Å². The van der Waals surface area contributed by atoms with Gasteiger partial charge in [0.1, 0.15) is 11.5 Å². The number of rotatable bonds is 7. The number of aromatic nitrogens is 1. The van der Waals surface area contributed by atoms with E-state index in [4.69, 9.17) is 4.42 Å². The van der Waals surface area contributed by atoms with E-state index in [1.54, 1.807) is 6.20 Å². The summed E-state index contributed by atoms with van der Waals surface area (Å²) in [5.41, 5.74) is 1.05. The van der Waals surface area contributed by atoms with Crippen LogP contribution in [0.5, 0.6) is 0 Å². The van der Waals surface area contributed by atoms with Crippen molar-refractivity contribution in [2.24, 2.45) is 5.92 Å². The Morgan fingerprint density at radius 2 is 1.87 bits per heavy atom. The van der Waals surface area contributed by atoms with E-state index in [1.165, 1.54) is 12.8 Å². The van der Waals surface area contributed by atoms with E-state index in [9.17, 15) is 4.79 Å². The zero-order valence-electron chi connectivity index (χ0n) is 18.1. The van der Waals surface area contributed by atoms with Crippen LogP contribution in [0.4, 0.5) is 0 Å². The number of amides is 1. The maximum atomic E-state index is 12.5. The summed E-state index contributed by atoms with van der Waals surface area (Å²) in [6, 6.07) is 8.77. The van der Waals surface area contributed by atoms with Gasteiger partial charge in [-0.1, -0.05) is 13.0 Å². The molecule has 0 spiro atoms. The SMILES string of the molecule is CCc1ccc(CN2CCC(N3CCC(C(=O)NCc4cccnc4)CC3)CC2)o1. The van der Waals surface area contributed by atoms with Crippen molar-refractivity contribution in [2.45, 2.75) is 58.2 Å². The smallest absolute Gasteiger partial charge is 0.223 e. The molecule has 2 aromatic rings. The minimum absolute atomic E-state index is 0.143. The first-order valence-corrected chi connectivity index (χ1v) is 11.4. The van der Waals surface area contributed by atoms with Crippen LogP contribution >= 0.6 is 0 Å². The maximum absolute atomic E-state index is 12.5. The number of nitrogens with one attached hydrogen (secondary N) is 1. The molecular weight excluding hydrogens is 376 g/mol. The van der Waals surface area contributed by atoms with E-state index in [1.807, 2.05) is 18.3 Å². The normalized spacial score (nSPS) is 19.8. The van der Waals surface area contributed by atoms with Crippen LogP contribution in [0.2, 0.25) is 0 Å². The summed E-state index contributed by atoms with van der Waals surface area (Å²) in [5, 5.41) is 3.08. The average Bonchev–Trinajstić information content (AvgIpc) is 3.26. The molecule has 4 rings (SSSR count). The van der Waals surface area contributed by atoms with Crippen molar-refractivity contribution in [3.63, 3.8) is 0 Å². The van der Waals surface area contributed by atoms with Crippen LogP contribution in [0.1, 0.15) is 49.7 Å². The van der Waals surface area contributed by atoms with Crippen LogP contribution in [0.25, 0.3) is 0 Å². The fourth-order valence-corrected chi connectivity index (χ4v) is 4.72. The van der Waals surface area contributed by atoms with Gasteiger partial charge in [0.2, 0.25) is 5.91 Å². The fraction of sp³-hybridized carbons (Fsp3) is 0.583. The molecule has 0 aliphatic carbocycles. The van der Waals surface area contributed by atoms with Crippen molar-refractivity contribution in [3.05, 3.63) is 53.7 Å². The van der Waals surface area contributed by atoms with Crippen LogP contribution in [-0.2, 0) is 24.3 Å². The Balaban J connectivity index is 1.16. The van der Waals surface area contributed by atoms with E-state index in [0.29, 0.717) is 12.6 Å². The molecule has 2 aromatic heterocycles. The molecule has 2 saturated heterocycles. The molecule has 162 valence electrons. The Hall–Kier alpha value is -2.18. The molecule has 0 atom stereocenters. The number of carbonyl (C=O) groups is 1. The molecule has 6 nitrogen and oxygen atoms in total. The third kappa shape index (κ3) is 5.49. The van der Waals surface area contributed by atoms with Crippen LogP contribution in [0.3, 0.4) is 0 Å². The van der Waals surface area contributed by atoms with E-state index >= 15 is 0 Å². The number of pyridine rings is 1. The number of hydrogen-bond acceptors (Lipinski definition) is 5. The molecule has 0 aromatic carbocycles. The first-order valence-electron chi connectivity index (χ1n) is 11.4. The molecule has 0 bridgehead atoms. The van der Waals surface area contributed by atoms with Crippen molar-refractivity contribution in [1.29, 1.82) is 0 Å². The van der Waals surface area contributed by atoms with Gasteiger partial charge in [-0.2, -0.15) is 0 Å². The Bertz CT molecular complexity index is 791. The minimum Gasteiger partial charge on any atom is -0.465 e. The van der Waals surface area contributed by atoms with Crippen LogP contribution in [-0.4, -0.2) is 52.9 Å². The van der Waals surface area contributed by atoms with Gasteiger partial charge in [-0.15, -0.1) is 0 Å². The summed E-state index contributed by atoms with van der Waals surface area (Å²) in [6.07, 6.45) is 8.86. The van der Waals surface area contributed by atoms with Crippen molar-refractivity contribution in [2.75, 3.05) is 26.2 Å². The molecule has 0 saturated carbocycles. The summed E-state index contributed by atoms with van der Waals surface area (Å²) in [7, 11) is 0. The van der Waals surface area contributed by atoms with Gasteiger partial charge in [0.25, 0.3) is 0 Å². The third-order valence-electron chi connectivity index (χ3n) is 6.61. The number of furan rings is 1. The van der Waals surface area contributed by atoms with Gasteiger partial charge in [0, 0.05) is 50.4 Å². The predicted octanol–water partition coefficient (Wildman–Crippen LogP) is 3.23. The first-order chi connectivity index (χ1) is 14.7. The van der Waals surface area contributed by atoms with E-state index in [-0.39, 0.29) is 11.8 Å². The largest absolute Gasteiger partial charge is 0.465 e. The van der Waals surface area contributed by atoms with Gasteiger partial charge in [-0.3, -0.25) is 14.7 Å². The quantitative estimate of drug-likeness (QED) is 0.759. The molecule has 4 heterocycles. The van der Waals surface area contributed by atoms with Gasteiger partial charge in [-0.05, 0) is 62.5 Å². The van der Waals surface area contributed by atoms with Gasteiger partial charge in [-0.25, -0.2) is 0 Å². The molecule has 0 unspecified atom stereocenters. The van der Waals surface area contributed by atoms with Gasteiger partial charge < -0.3 is 14.6 Å². The second-order valence-corrected chi connectivity index (χ2v) is 8.62. The number of carbonyl (C=O) groups excluding carboxylic acids is 1. The lowest BCUT2D eigenvalue weighted by Crippen LogP contribution is -2.49. The van der Waals surface area contributed by atoms with Crippen LogP contribution in [0.15, 0.2) is 41.1 Å². The molecule has 2 aliphatic rings. The zero-order valence-corrected chi connectivity index (χ0v) is 18.1. The molecular formula is C24H34N4O2. The lowest BCUT2D eigenvalue weighted by atomic mass is 9.92. The van der Waals surface area contributed by atoms with Gasteiger partial charge >= 0.3 is 0 Å². The van der Waals surface area contributed by atoms with E-state index in [2.05, 4.69) is 39.2 Å². The first kappa shape index (κ1) is 21.1. The van der Waals surface area contributed by atoms with Crippen molar-refractivity contribution in [1.82, 2.24) is 20.1 Å². The Kier molecular flexibility index (Phi) is 7.18. The molecule has 0 radical (unpaired) electrons. The fourth-order valence-electron chi connectivity index (χ4n) is 4.72. The van der Waals surface area contributed by atoms with E-state index in [0.717, 1.165) is 69.1 Å². The summed E-state index contributed by atoms with van der Waals surface area (Å²) in [4.78, 5) is 21.8. The summed E-state index contributed by atoms with van der Waals surface area (Å²) < 4.78 is 5.87. The monoisotopic (exact) mass is 410 g/mol. The highest BCUT2D eigenvalue weighted by molar-refractivity contribution is 5.78. The van der Waals surface area contributed by atoms with Crippen LogP contribution < -0.4 is 5.32 Å². The highest BCUT2D eigenvalue weighted by Gasteiger charge is 2.30. The summed E-state index contributed by atoms with van der Waals surface area (Å²) in [6.45, 7) is 7.94. The predicted molar refractivity (Wildman–Crippen MR) is 117 cm³/mol. The molecule has 2 aliphatic heterocycles. The number of aryl methyl sites for hydroxylation is 1. The number of nitrogens with zero attached hydrogens (tertiary/aromatic N) is 3. The molecule has 6 heteroatoms. The Morgan fingerprint density at radius 1 is 1.10 bits per heavy atom. The molecule has 1 N–H and O–H groups in total. The lowest BCUT2D eigenvalue weighted by molar-refractivity contribution is -0.126. The average molecular weight is 411 g/mol. The molecule has 1 amide bonds. The Labute approximate surface area is 179 Å². The summed E-state index contributed by atoms with van der Waals surface area (Å²) in [5.74, 6) is 2.50. The van der Waals surface area contributed by atoms with Crippen molar-refractivity contribution >= 4 is 5.91 Å². The van der Waals surface area contributed by atoms with Crippen LogP contribution in [0, 0.1) is 5.92 Å². The number of piperidine rings is 2. The summed E-state index contributed by atoms with van der Waals surface area (Å²) >= 11 is 0. The molecule has 30 heavy (non-hydrogen) atoms. The lowest BCUT2D eigenvalue weighted by Gasteiger charge is -2.41.